The molecule has 1 unspecified atom stereocenters. The van der Waals surface area contributed by atoms with Crippen LogP contribution in [0.3, 0.4) is 0 Å². The number of hydrogen-bond donors (Lipinski definition) is 1. The molecule has 0 radical (unpaired) electrons. The van der Waals surface area contributed by atoms with Crippen molar-refractivity contribution in [1.29, 1.82) is 0 Å². The van der Waals surface area contributed by atoms with E-state index in [-0.39, 0.29) is 11.6 Å². The second kappa shape index (κ2) is 5.83. The Morgan fingerprint density at radius 1 is 1.33 bits per heavy atom. The fraction of sp³-hybridized carbons (Fsp3) is 0.667. The summed E-state index contributed by atoms with van der Waals surface area (Å²) in [4.78, 5) is 6.11. The highest BCUT2D eigenvalue weighted by molar-refractivity contribution is 5.44. The van der Waals surface area contributed by atoms with Crippen LogP contribution in [-0.4, -0.2) is 29.7 Å². The van der Waals surface area contributed by atoms with Crippen molar-refractivity contribution in [3.63, 3.8) is 0 Å². The van der Waals surface area contributed by atoms with Gasteiger partial charge in [0.25, 0.3) is 0 Å². The lowest BCUT2D eigenvalue weighted by Gasteiger charge is -2.30. The molecule has 1 saturated heterocycles. The van der Waals surface area contributed by atoms with E-state index in [0.717, 1.165) is 38.1 Å². The summed E-state index contributed by atoms with van der Waals surface area (Å²) in [6.45, 7) is 7.74. The number of halogens is 3. The first-order valence-corrected chi connectivity index (χ1v) is 7.22. The van der Waals surface area contributed by atoms with Gasteiger partial charge in [0.15, 0.2) is 0 Å². The summed E-state index contributed by atoms with van der Waals surface area (Å²) in [6, 6.07) is 2.36. The molecule has 118 valence electrons. The first kappa shape index (κ1) is 16.1. The van der Waals surface area contributed by atoms with Gasteiger partial charge in [0, 0.05) is 30.9 Å². The molecule has 1 aliphatic heterocycles. The summed E-state index contributed by atoms with van der Waals surface area (Å²) in [6.07, 6.45) is -1.13. The van der Waals surface area contributed by atoms with Gasteiger partial charge in [0.05, 0.1) is 5.56 Å². The molecule has 1 fully saturated rings. The lowest BCUT2D eigenvalue weighted by molar-refractivity contribution is -0.137. The van der Waals surface area contributed by atoms with Gasteiger partial charge in [0.1, 0.15) is 5.82 Å². The number of hydrogen-bond acceptors (Lipinski definition) is 3. The lowest BCUT2D eigenvalue weighted by Crippen LogP contribution is -2.45. The maximum Gasteiger partial charge on any atom is 0.416 e. The standard InChI is InChI=1S/C15H22F3N3/c1-14(2,3)20-10-12-5-4-8-21(12)13-9-11(6-7-19-13)15(16,17)18/h6-7,9,12,20H,4-5,8,10H2,1-3H3. The Morgan fingerprint density at radius 3 is 2.67 bits per heavy atom. The van der Waals surface area contributed by atoms with Gasteiger partial charge in [-0.15, -0.1) is 0 Å². The molecule has 0 aliphatic carbocycles. The fourth-order valence-electron chi connectivity index (χ4n) is 2.53. The van der Waals surface area contributed by atoms with Crippen LogP contribution in [0.5, 0.6) is 0 Å². The Hall–Kier alpha value is -1.30. The molecule has 21 heavy (non-hydrogen) atoms. The molecule has 0 spiro atoms. The molecule has 1 N–H and O–H groups in total. The normalized spacial score (nSPS) is 20.1. The average molecular weight is 301 g/mol. The van der Waals surface area contributed by atoms with Gasteiger partial charge in [-0.2, -0.15) is 13.2 Å². The number of nitrogens with zero attached hydrogens (tertiary/aromatic N) is 2. The zero-order valence-corrected chi connectivity index (χ0v) is 12.7. The number of rotatable bonds is 3. The van der Waals surface area contributed by atoms with Crippen LogP contribution >= 0.6 is 0 Å². The van der Waals surface area contributed by atoms with Gasteiger partial charge in [-0.25, -0.2) is 4.98 Å². The van der Waals surface area contributed by atoms with E-state index in [4.69, 9.17) is 0 Å². The molecule has 2 heterocycles. The third kappa shape index (κ3) is 4.33. The molecule has 0 bridgehead atoms. The molecular weight excluding hydrogens is 279 g/mol. The zero-order valence-electron chi connectivity index (χ0n) is 12.7. The molecule has 0 aromatic carbocycles. The van der Waals surface area contributed by atoms with Crippen molar-refractivity contribution in [1.82, 2.24) is 10.3 Å². The summed E-state index contributed by atoms with van der Waals surface area (Å²) in [5, 5.41) is 3.42. The van der Waals surface area contributed by atoms with Crippen LogP contribution in [0, 0.1) is 0 Å². The number of aromatic nitrogens is 1. The van der Waals surface area contributed by atoms with Crippen molar-refractivity contribution in [2.75, 3.05) is 18.0 Å². The molecule has 1 aliphatic rings. The van der Waals surface area contributed by atoms with Crippen LogP contribution in [0.25, 0.3) is 0 Å². The van der Waals surface area contributed by atoms with Gasteiger partial charge in [-0.05, 0) is 45.7 Å². The summed E-state index contributed by atoms with van der Waals surface area (Å²) in [7, 11) is 0. The molecule has 0 amide bonds. The van der Waals surface area contributed by atoms with E-state index in [1.54, 1.807) is 0 Å². The van der Waals surface area contributed by atoms with Crippen LogP contribution in [0.15, 0.2) is 18.3 Å². The molecule has 2 rings (SSSR count). The summed E-state index contributed by atoms with van der Waals surface area (Å²) < 4.78 is 38.4. The minimum Gasteiger partial charge on any atom is -0.352 e. The Balaban J connectivity index is 2.13. The van der Waals surface area contributed by atoms with Gasteiger partial charge in [-0.1, -0.05) is 0 Å². The number of nitrogens with one attached hydrogen (secondary N) is 1. The number of anilines is 1. The molecular formula is C15H22F3N3. The quantitative estimate of drug-likeness (QED) is 0.927. The van der Waals surface area contributed by atoms with Crippen LogP contribution < -0.4 is 10.2 Å². The van der Waals surface area contributed by atoms with Crippen molar-refractivity contribution >= 4 is 5.82 Å². The van der Waals surface area contributed by atoms with Crippen LogP contribution in [-0.2, 0) is 6.18 Å². The van der Waals surface area contributed by atoms with E-state index >= 15 is 0 Å². The Kier molecular flexibility index (Phi) is 4.46. The highest BCUT2D eigenvalue weighted by atomic mass is 19.4. The Morgan fingerprint density at radius 2 is 2.05 bits per heavy atom. The van der Waals surface area contributed by atoms with Crippen molar-refractivity contribution in [2.24, 2.45) is 0 Å². The Labute approximate surface area is 123 Å². The van der Waals surface area contributed by atoms with E-state index in [2.05, 4.69) is 31.1 Å². The SMILES string of the molecule is CC(C)(C)NCC1CCCN1c1cc(C(F)(F)F)ccn1. The first-order valence-electron chi connectivity index (χ1n) is 7.22. The van der Waals surface area contributed by atoms with Crippen LogP contribution in [0.1, 0.15) is 39.2 Å². The molecule has 1 aromatic heterocycles. The lowest BCUT2D eigenvalue weighted by atomic mass is 10.1. The summed E-state index contributed by atoms with van der Waals surface area (Å²) >= 11 is 0. The van der Waals surface area contributed by atoms with Crippen LogP contribution in [0.4, 0.5) is 19.0 Å². The van der Waals surface area contributed by atoms with E-state index in [1.807, 2.05) is 4.90 Å². The minimum atomic E-state index is -4.32. The molecule has 3 nitrogen and oxygen atoms in total. The highest BCUT2D eigenvalue weighted by Crippen LogP contribution is 2.32. The molecule has 6 heteroatoms. The summed E-state index contributed by atoms with van der Waals surface area (Å²) in [5.41, 5.74) is -0.642. The predicted octanol–water partition coefficient (Wildman–Crippen LogP) is 3.46. The van der Waals surface area contributed by atoms with Crippen molar-refractivity contribution < 1.29 is 13.2 Å². The topological polar surface area (TPSA) is 28.2 Å². The molecule has 0 saturated carbocycles. The zero-order chi connectivity index (χ0) is 15.7. The molecule has 1 atom stereocenters. The Bertz CT molecular complexity index is 480. The van der Waals surface area contributed by atoms with E-state index in [1.165, 1.54) is 6.20 Å². The van der Waals surface area contributed by atoms with Crippen molar-refractivity contribution in [3.05, 3.63) is 23.9 Å². The average Bonchev–Trinajstić information content (AvgIpc) is 2.83. The first-order chi connectivity index (χ1) is 9.67. The fourth-order valence-corrected chi connectivity index (χ4v) is 2.53. The number of pyridine rings is 1. The largest absolute Gasteiger partial charge is 0.416 e. The van der Waals surface area contributed by atoms with E-state index < -0.39 is 11.7 Å². The third-order valence-electron chi connectivity index (χ3n) is 3.61. The second-order valence-electron chi connectivity index (χ2n) is 6.52. The minimum absolute atomic E-state index is 0.00446. The van der Waals surface area contributed by atoms with Gasteiger partial charge >= 0.3 is 6.18 Å². The second-order valence-corrected chi connectivity index (χ2v) is 6.52. The maximum absolute atomic E-state index is 12.8. The number of alkyl halides is 3. The highest BCUT2D eigenvalue weighted by Gasteiger charge is 2.33. The third-order valence-corrected chi connectivity index (χ3v) is 3.61. The van der Waals surface area contributed by atoms with Crippen molar-refractivity contribution in [3.8, 4) is 0 Å². The van der Waals surface area contributed by atoms with Gasteiger partial charge < -0.3 is 10.2 Å². The van der Waals surface area contributed by atoms with Crippen molar-refractivity contribution in [2.45, 2.75) is 51.4 Å². The predicted molar refractivity (Wildman–Crippen MR) is 77.4 cm³/mol. The van der Waals surface area contributed by atoms with Gasteiger partial charge in [-0.3, -0.25) is 0 Å². The maximum atomic E-state index is 12.8. The summed E-state index contributed by atoms with van der Waals surface area (Å²) in [5.74, 6) is 0.419. The van der Waals surface area contributed by atoms with Crippen LogP contribution in [0.2, 0.25) is 0 Å². The monoisotopic (exact) mass is 301 g/mol. The van der Waals surface area contributed by atoms with E-state index in [9.17, 15) is 13.2 Å². The van der Waals surface area contributed by atoms with E-state index in [0.29, 0.717) is 5.82 Å². The molecule has 1 aromatic rings. The van der Waals surface area contributed by atoms with Gasteiger partial charge in [0.2, 0.25) is 0 Å². The smallest absolute Gasteiger partial charge is 0.352 e.